The zero-order chi connectivity index (χ0) is 15.7. The summed E-state index contributed by atoms with van der Waals surface area (Å²) in [7, 11) is 1.68. The first-order valence-electron chi connectivity index (χ1n) is 7.50. The van der Waals surface area contributed by atoms with Crippen molar-refractivity contribution in [3.05, 3.63) is 46.2 Å². The SMILES string of the molecule is CO[C@H]1CCN(C(=O)Cn2c(C)cc(=O)c3ccccc32)C1. The summed E-state index contributed by atoms with van der Waals surface area (Å²) < 4.78 is 7.23. The number of rotatable bonds is 3. The fourth-order valence-corrected chi connectivity index (χ4v) is 3.05. The first kappa shape index (κ1) is 14.8. The predicted molar refractivity (Wildman–Crippen MR) is 84.9 cm³/mol. The molecule has 22 heavy (non-hydrogen) atoms. The van der Waals surface area contributed by atoms with E-state index in [9.17, 15) is 9.59 Å². The summed E-state index contributed by atoms with van der Waals surface area (Å²) in [5, 5.41) is 0.650. The second-order valence-corrected chi connectivity index (χ2v) is 5.74. The Hall–Kier alpha value is -2.14. The van der Waals surface area contributed by atoms with Crippen LogP contribution in [0, 0.1) is 6.92 Å². The van der Waals surface area contributed by atoms with E-state index in [1.165, 1.54) is 0 Å². The molecule has 3 rings (SSSR count). The topological polar surface area (TPSA) is 51.5 Å². The van der Waals surface area contributed by atoms with Gasteiger partial charge in [-0.2, -0.15) is 0 Å². The molecular weight excluding hydrogens is 280 g/mol. The molecule has 2 heterocycles. The molecule has 0 aliphatic carbocycles. The summed E-state index contributed by atoms with van der Waals surface area (Å²) in [6.07, 6.45) is 1.02. The molecule has 1 aliphatic rings. The number of aromatic nitrogens is 1. The van der Waals surface area contributed by atoms with Crippen molar-refractivity contribution in [1.82, 2.24) is 9.47 Å². The number of pyridine rings is 1. The molecule has 1 fully saturated rings. The zero-order valence-corrected chi connectivity index (χ0v) is 12.9. The van der Waals surface area contributed by atoms with E-state index in [0.717, 1.165) is 24.2 Å². The molecule has 0 radical (unpaired) electrons. The Bertz CT molecular complexity index is 766. The van der Waals surface area contributed by atoms with Gasteiger partial charge in [0.1, 0.15) is 6.54 Å². The van der Waals surface area contributed by atoms with Gasteiger partial charge in [-0.15, -0.1) is 0 Å². The highest BCUT2D eigenvalue weighted by molar-refractivity contribution is 5.82. The van der Waals surface area contributed by atoms with Crippen LogP contribution in [-0.2, 0) is 16.1 Å². The van der Waals surface area contributed by atoms with E-state index in [2.05, 4.69) is 0 Å². The van der Waals surface area contributed by atoms with E-state index in [1.807, 2.05) is 34.6 Å². The highest BCUT2D eigenvalue weighted by atomic mass is 16.5. The van der Waals surface area contributed by atoms with Crippen LogP contribution >= 0.6 is 0 Å². The molecule has 5 heteroatoms. The number of carbonyl (C=O) groups excluding carboxylic acids is 1. The van der Waals surface area contributed by atoms with Crippen LogP contribution in [-0.4, -0.2) is 41.7 Å². The number of amides is 1. The highest BCUT2D eigenvalue weighted by Crippen LogP contribution is 2.16. The molecular formula is C17H20N2O3. The molecule has 0 unspecified atom stereocenters. The predicted octanol–water partition coefficient (Wildman–Crippen LogP) is 1.56. The quantitative estimate of drug-likeness (QED) is 0.864. The molecule has 2 aromatic rings. The van der Waals surface area contributed by atoms with Gasteiger partial charge in [0, 0.05) is 37.3 Å². The molecule has 5 nitrogen and oxygen atoms in total. The molecule has 1 aromatic carbocycles. The van der Waals surface area contributed by atoms with E-state index >= 15 is 0 Å². The molecule has 0 spiro atoms. The molecule has 1 amide bonds. The van der Waals surface area contributed by atoms with Crippen LogP contribution in [0.1, 0.15) is 12.1 Å². The summed E-state index contributed by atoms with van der Waals surface area (Å²) in [5.41, 5.74) is 1.61. The average Bonchev–Trinajstić information content (AvgIpc) is 3.00. The lowest BCUT2D eigenvalue weighted by molar-refractivity contribution is -0.131. The minimum absolute atomic E-state index is 0.00239. The van der Waals surface area contributed by atoms with Gasteiger partial charge in [0.2, 0.25) is 5.91 Å². The van der Waals surface area contributed by atoms with Gasteiger partial charge in [-0.05, 0) is 25.5 Å². The van der Waals surface area contributed by atoms with Gasteiger partial charge < -0.3 is 14.2 Å². The van der Waals surface area contributed by atoms with Crippen molar-refractivity contribution in [3.63, 3.8) is 0 Å². The van der Waals surface area contributed by atoms with Crippen molar-refractivity contribution in [2.75, 3.05) is 20.2 Å². The smallest absolute Gasteiger partial charge is 0.242 e. The van der Waals surface area contributed by atoms with Gasteiger partial charge in [-0.3, -0.25) is 9.59 Å². The van der Waals surface area contributed by atoms with Gasteiger partial charge in [-0.1, -0.05) is 12.1 Å². The Labute approximate surface area is 129 Å². The summed E-state index contributed by atoms with van der Waals surface area (Å²) >= 11 is 0. The summed E-state index contributed by atoms with van der Waals surface area (Å²) in [6.45, 7) is 3.49. The molecule has 0 saturated carbocycles. The highest BCUT2D eigenvalue weighted by Gasteiger charge is 2.26. The van der Waals surface area contributed by atoms with Gasteiger partial charge in [-0.25, -0.2) is 0 Å². The van der Waals surface area contributed by atoms with Gasteiger partial charge in [0.15, 0.2) is 5.43 Å². The van der Waals surface area contributed by atoms with Gasteiger partial charge in [0.05, 0.1) is 11.6 Å². The fourth-order valence-electron chi connectivity index (χ4n) is 3.05. The molecule has 1 saturated heterocycles. The number of fused-ring (bicyclic) bond motifs is 1. The standard InChI is InChI=1S/C17H20N2O3/c1-12-9-16(20)14-5-3-4-6-15(14)19(12)11-17(21)18-8-7-13(10-18)22-2/h3-6,9,13H,7-8,10-11H2,1-2H3/t13-/m0/s1. The Morgan fingerprint density at radius 3 is 2.86 bits per heavy atom. The Balaban J connectivity index is 1.91. The van der Waals surface area contributed by atoms with Crippen molar-refractivity contribution in [3.8, 4) is 0 Å². The van der Waals surface area contributed by atoms with Crippen molar-refractivity contribution in [2.45, 2.75) is 26.0 Å². The molecule has 1 aliphatic heterocycles. The Kier molecular flexibility index (Phi) is 3.98. The maximum atomic E-state index is 12.5. The number of likely N-dealkylation sites (tertiary alicyclic amines) is 1. The second kappa shape index (κ2) is 5.93. The molecule has 1 aromatic heterocycles. The number of carbonyl (C=O) groups is 1. The number of nitrogens with zero attached hydrogens (tertiary/aromatic N) is 2. The average molecular weight is 300 g/mol. The summed E-state index contributed by atoms with van der Waals surface area (Å²) in [6, 6.07) is 9.01. The maximum Gasteiger partial charge on any atom is 0.242 e. The van der Waals surface area contributed by atoms with E-state index in [0.29, 0.717) is 11.9 Å². The van der Waals surface area contributed by atoms with Gasteiger partial charge >= 0.3 is 0 Å². The largest absolute Gasteiger partial charge is 0.380 e. The van der Waals surface area contributed by atoms with E-state index in [1.54, 1.807) is 19.2 Å². The third-order valence-electron chi connectivity index (χ3n) is 4.35. The lowest BCUT2D eigenvalue weighted by Gasteiger charge is -2.20. The normalized spacial score (nSPS) is 18.1. The first-order valence-corrected chi connectivity index (χ1v) is 7.50. The van der Waals surface area contributed by atoms with Crippen molar-refractivity contribution >= 4 is 16.8 Å². The molecule has 0 bridgehead atoms. The number of hydrogen-bond donors (Lipinski definition) is 0. The second-order valence-electron chi connectivity index (χ2n) is 5.74. The minimum Gasteiger partial charge on any atom is -0.380 e. The molecule has 0 N–H and O–H groups in total. The van der Waals surface area contributed by atoms with Crippen molar-refractivity contribution in [1.29, 1.82) is 0 Å². The first-order chi connectivity index (χ1) is 10.6. The Morgan fingerprint density at radius 2 is 2.14 bits per heavy atom. The Morgan fingerprint density at radius 1 is 1.36 bits per heavy atom. The minimum atomic E-state index is -0.00239. The number of ether oxygens (including phenoxy) is 1. The van der Waals surface area contributed by atoms with E-state index in [-0.39, 0.29) is 24.0 Å². The van der Waals surface area contributed by atoms with Crippen LogP contribution in [0.25, 0.3) is 10.9 Å². The maximum absolute atomic E-state index is 12.5. The monoisotopic (exact) mass is 300 g/mol. The summed E-state index contributed by atoms with van der Waals surface area (Å²) in [4.78, 5) is 26.4. The van der Waals surface area contributed by atoms with E-state index < -0.39 is 0 Å². The van der Waals surface area contributed by atoms with E-state index in [4.69, 9.17) is 4.74 Å². The lowest BCUT2D eigenvalue weighted by Crippen LogP contribution is -2.33. The molecule has 1 atom stereocenters. The lowest BCUT2D eigenvalue weighted by atomic mass is 10.2. The van der Waals surface area contributed by atoms with Crippen LogP contribution in [0.3, 0.4) is 0 Å². The van der Waals surface area contributed by atoms with Crippen LogP contribution < -0.4 is 5.43 Å². The number of aryl methyl sites for hydroxylation is 1. The number of hydrogen-bond acceptors (Lipinski definition) is 3. The number of benzene rings is 1. The van der Waals surface area contributed by atoms with Crippen LogP contribution in [0.5, 0.6) is 0 Å². The van der Waals surface area contributed by atoms with Crippen LogP contribution in [0.2, 0.25) is 0 Å². The van der Waals surface area contributed by atoms with Crippen LogP contribution in [0.4, 0.5) is 0 Å². The third-order valence-corrected chi connectivity index (χ3v) is 4.35. The summed E-state index contributed by atoms with van der Waals surface area (Å²) in [5.74, 6) is 0.0662. The van der Waals surface area contributed by atoms with Crippen molar-refractivity contribution in [2.24, 2.45) is 0 Å². The third kappa shape index (κ3) is 2.64. The fraction of sp³-hybridized carbons (Fsp3) is 0.412. The molecule has 116 valence electrons. The number of para-hydroxylation sites is 1. The van der Waals surface area contributed by atoms with Crippen molar-refractivity contribution < 1.29 is 9.53 Å². The zero-order valence-electron chi connectivity index (χ0n) is 12.9. The number of methoxy groups -OCH3 is 1. The van der Waals surface area contributed by atoms with Crippen LogP contribution in [0.15, 0.2) is 35.1 Å². The van der Waals surface area contributed by atoms with Gasteiger partial charge in [0.25, 0.3) is 0 Å².